The molecule has 74 valence electrons. The summed E-state index contributed by atoms with van der Waals surface area (Å²) < 4.78 is 0. The van der Waals surface area contributed by atoms with Gasteiger partial charge in [-0.2, -0.15) is 0 Å². The zero-order valence-corrected chi connectivity index (χ0v) is 8.05. The molecule has 0 atom stereocenters. The van der Waals surface area contributed by atoms with Gasteiger partial charge in [-0.25, -0.2) is 0 Å². The summed E-state index contributed by atoms with van der Waals surface area (Å²) in [5, 5.41) is 2.90. The molecule has 3 N–H and O–H groups in total. The molecule has 0 aromatic rings. The quantitative estimate of drug-likeness (QED) is 0.479. The minimum atomic E-state index is 0.0927. The van der Waals surface area contributed by atoms with Crippen molar-refractivity contribution in [2.24, 2.45) is 10.7 Å². The predicted octanol–water partition coefficient (Wildman–Crippen LogP) is 0.422. The van der Waals surface area contributed by atoms with Crippen LogP contribution < -0.4 is 11.1 Å². The topological polar surface area (TPSA) is 67.5 Å². The van der Waals surface area contributed by atoms with Crippen LogP contribution in [0.25, 0.3) is 0 Å². The molecular weight excluding hydrogens is 166 g/mol. The molecule has 0 bridgehead atoms. The lowest BCUT2D eigenvalue weighted by Crippen LogP contribution is -2.26. The van der Waals surface area contributed by atoms with Crippen LogP contribution in [0.1, 0.15) is 32.6 Å². The number of amidine groups is 1. The van der Waals surface area contributed by atoms with E-state index < -0.39 is 0 Å². The van der Waals surface area contributed by atoms with Crippen LogP contribution in [-0.4, -0.2) is 24.3 Å². The lowest BCUT2D eigenvalue weighted by atomic mass is 10.4. The third kappa shape index (κ3) is 4.50. The van der Waals surface area contributed by atoms with Crippen LogP contribution in [0.4, 0.5) is 0 Å². The van der Waals surface area contributed by atoms with Crippen molar-refractivity contribution in [2.45, 2.75) is 38.6 Å². The Bertz CT molecular complexity index is 209. The standard InChI is InChI=1S/C9H17N3O/c1-2-8(10)11-6-5-9(13)12-7-3-4-7/h7H,2-6H2,1H3,(H2,10,11)(H,12,13). The average Bonchev–Trinajstić information content (AvgIpc) is 2.88. The number of nitrogens with one attached hydrogen (secondary N) is 1. The van der Waals surface area contributed by atoms with E-state index >= 15 is 0 Å². The molecule has 4 heteroatoms. The molecule has 1 rings (SSSR count). The van der Waals surface area contributed by atoms with Gasteiger partial charge in [0.05, 0.1) is 5.84 Å². The van der Waals surface area contributed by atoms with Crippen molar-refractivity contribution in [1.82, 2.24) is 5.32 Å². The van der Waals surface area contributed by atoms with E-state index in [1.54, 1.807) is 0 Å². The summed E-state index contributed by atoms with van der Waals surface area (Å²) in [4.78, 5) is 15.2. The highest BCUT2D eigenvalue weighted by Crippen LogP contribution is 2.18. The number of carbonyl (C=O) groups is 1. The summed E-state index contributed by atoms with van der Waals surface area (Å²) >= 11 is 0. The van der Waals surface area contributed by atoms with E-state index in [1.807, 2.05) is 6.92 Å². The van der Waals surface area contributed by atoms with E-state index in [9.17, 15) is 4.79 Å². The summed E-state index contributed by atoms with van der Waals surface area (Å²) in [5.41, 5.74) is 5.49. The Hall–Kier alpha value is -1.06. The third-order valence-electron chi connectivity index (χ3n) is 1.96. The van der Waals surface area contributed by atoms with Gasteiger partial charge in [-0.15, -0.1) is 0 Å². The van der Waals surface area contributed by atoms with E-state index in [1.165, 1.54) is 0 Å². The Kier molecular flexibility index (Phi) is 3.73. The average molecular weight is 183 g/mol. The highest BCUT2D eigenvalue weighted by atomic mass is 16.1. The third-order valence-corrected chi connectivity index (χ3v) is 1.96. The minimum absolute atomic E-state index is 0.0927. The molecule has 0 aromatic heterocycles. The fourth-order valence-electron chi connectivity index (χ4n) is 0.940. The SMILES string of the molecule is CCC(N)=NCCC(=O)NC1CC1. The van der Waals surface area contributed by atoms with E-state index in [2.05, 4.69) is 10.3 Å². The van der Waals surface area contributed by atoms with E-state index in [0.29, 0.717) is 24.8 Å². The summed E-state index contributed by atoms with van der Waals surface area (Å²) in [6, 6.07) is 0.444. The molecule has 4 nitrogen and oxygen atoms in total. The molecule has 0 radical (unpaired) electrons. The second kappa shape index (κ2) is 4.84. The maximum atomic E-state index is 11.1. The van der Waals surface area contributed by atoms with E-state index in [-0.39, 0.29) is 5.91 Å². The van der Waals surface area contributed by atoms with E-state index in [4.69, 9.17) is 5.73 Å². The van der Waals surface area contributed by atoms with Crippen molar-refractivity contribution < 1.29 is 4.79 Å². The van der Waals surface area contributed by atoms with Crippen molar-refractivity contribution in [1.29, 1.82) is 0 Å². The fraction of sp³-hybridized carbons (Fsp3) is 0.778. The van der Waals surface area contributed by atoms with Gasteiger partial charge in [0.1, 0.15) is 0 Å². The van der Waals surface area contributed by atoms with Crippen molar-refractivity contribution in [2.75, 3.05) is 6.54 Å². The van der Waals surface area contributed by atoms with Crippen LogP contribution in [0.2, 0.25) is 0 Å². The molecule has 0 aliphatic heterocycles. The Balaban J connectivity index is 2.06. The van der Waals surface area contributed by atoms with Gasteiger partial charge in [0.15, 0.2) is 0 Å². The Morgan fingerprint density at radius 3 is 2.85 bits per heavy atom. The molecule has 0 heterocycles. The normalized spacial score (nSPS) is 17.2. The second-order valence-electron chi connectivity index (χ2n) is 3.32. The highest BCUT2D eigenvalue weighted by molar-refractivity contribution is 5.81. The molecule has 1 fully saturated rings. The Morgan fingerprint density at radius 1 is 1.62 bits per heavy atom. The van der Waals surface area contributed by atoms with Gasteiger partial charge in [-0.05, 0) is 12.8 Å². The smallest absolute Gasteiger partial charge is 0.222 e. The molecule has 1 amide bonds. The first-order chi connectivity index (χ1) is 6.22. The van der Waals surface area contributed by atoms with Crippen LogP contribution >= 0.6 is 0 Å². The number of hydrogen-bond acceptors (Lipinski definition) is 2. The zero-order chi connectivity index (χ0) is 9.68. The van der Waals surface area contributed by atoms with Gasteiger partial charge < -0.3 is 11.1 Å². The second-order valence-corrected chi connectivity index (χ2v) is 3.32. The van der Waals surface area contributed by atoms with Gasteiger partial charge in [-0.1, -0.05) is 6.92 Å². The van der Waals surface area contributed by atoms with E-state index in [0.717, 1.165) is 19.3 Å². The van der Waals surface area contributed by atoms with Gasteiger partial charge >= 0.3 is 0 Å². The number of aliphatic imine (C=N–C) groups is 1. The molecule has 0 spiro atoms. The first kappa shape index (κ1) is 10.0. The van der Waals surface area contributed by atoms with Crippen molar-refractivity contribution in [3.63, 3.8) is 0 Å². The molecule has 0 saturated heterocycles. The lowest BCUT2D eigenvalue weighted by molar-refractivity contribution is -0.121. The molecule has 0 aromatic carbocycles. The molecule has 1 aliphatic carbocycles. The highest BCUT2D eigenvalue weighted by Gasteiger charge is 2.22. The fourth-order valence-corrected chi connectivity index (χ4v) is 0.940. The zero-order valence-electron chi connectivity index (χ0n) is 8.05. The van der Waals surface area contributed by atoms with Crippen molar-refractivity contribution >= 4 is 11.7 Å². The van der Waals surface area contributed by atoms with Crippen LogP contribution in [0, 0.1) is 0 Å². The monoisotopic (exact) mass is 183 g/mol. The van der Waals surface area contributed by atoms with Crippen molar-refractivity contribution in [3.8, 4) is 0 Å². The maximum absolute atomic E-state index is 11.1. The largest absolute Gasteiger partial charge is 0.387 e. The summed E-state index contributed by atoms with van der Waals surface area (Å²) in [6.45, 7) is 2.46. The molecule has 0 unspecified atom stereocenters. The number of carbonyl (C=O) groups excluding carboxylic acids is 1. The molecule has 13 heavy (non-hydrogen) atoms. The summed E-state index contributed by atoms with van der Waals surface area (Å²) in [5.74, 6) is 0.717. The first-order valence-corrected chi connectivity index (χ1v) is 4.80. The maximum Gasteiger partial charge on any atom is 0.222 e. The van der Waals surface area contributed by atoms with Gasteiger partial charge in [0.2, 0.25) is 5.91 Å². The van der Waals surface area contributed by atoms with Gasteiger partial charge in [0.25, 0.3) is 0 Å². The van der Waals surface area contributed by atoms with Gasteiger partial charge in [-0.3, -0.25) is 9.79 Å². The first-order valence-electron chi connectivity index (χ1n) is 4.80. The number of rotatable bonds is 5. The Labute approximate surface area is 78.6 Å². The summed E-state index contributed by atoms with van der Waals surface area (Å²) in [6.07, 6.45) is 3.47. The van der Waals surface area contributed by atoms with Crippen LogP contribution in [0.15, 0.2) is 4.99 Å². The van der Waals surface area contributed by atoms with Crippen LogP contribution in [-0.2, 0) is 4.79 Å². The number of nitrogens with zero attached hydrogens (tertiary/aromatic N) is 1. The molecular formula is C9H17N3O. The number of nitrogens with two attached hydrogens (primary N) is 1. The Morgan fingerprint density at radius 2 is 2.31 bits per heavy atom. The number of hydrogen-bond donors (Lipinski definition) is 2. The molecule has 1 aliphatic rings. The summed E-state index contributed by atoms with van der Waals surface area (Å²) in [7, 11) is 0. The van der Waals surface area contributed by atoms with Gasteiger partial charge in [0, 0.05) is 25.4 Å². The predicted molar refractivity (Wildman–Crippen MR) is 52.6 cm³/mol. The van der Waals surface area contributed by atoms with Crippen molar-refractivity contribution in [3.05, 3.63) is 0 Å². The van der Waals surface area contributed by atoms with Crippen LogP contribution in [0.5, 0.6) is 0 Å². The molecule has 1 saturated carbocycles. The minimum Gasteiger partial charge on any atom is -0.387 e. The van der Waals surface area contributed by atoms with Crippen LogP contribution in [0.3, 0.4) is 0 Å². The number of amides is 1. The lowest BCUT2D eigenvalue weighted by Gasteiger charge is -2.00.